The molecule has 25 atom stereocenters. The van der Waals surface area contributed by atoms with E-state index in [1.807, 2.05) is 0 Å². The Bertz CT molecular complexity index is 1420. The van der Waals surface area contributed by atoms with E-state index in [4.69, 9.17) is 42.6 Å². The number of aliphatic hydroxyl groups excluding tert-OH is 14. The molecule has 5 aliphatic rings. The molecule has 27 nitrogen and oxygen atoms in total. The Labute approximate surface area is 346 Å². The van der Waals surface area contributed by atoms with Crippen LogP contribution < -0.4 is 10.6 Å². The second kappa shape index (κ2) is 21.3. The maximum Gasteiger partial charge on any atom is 0.217 e. The Morgan fingerprint density at radius 1 is 0.459 bits per heavy atom. The zero-order valence-electron chi connectivity index (χ0n) is 33.0. The molecule has 0 spiro atoms. The molecule has 3 unspecified atom stereocenters. The van der Waals surface area contributed by atoms with Crippen LogP contribution in [-0.4, -0.2) is 263 Å². The third-order valence-corrected chi connectivity index (χ3v) is 11.1. The van der Waals surface area contributed by atoms with Crippen LogP contribution in [0.5, 0.6) is 0 Å². The van der Waals surface area contributed by atoms with Crippen molar-refractivity contribution < 1.29 is 124 Å². The van der Waals surface area contributed by atoms with Crippen molar-refractivity contribution >= 4 is 11.8 Å². The molecule has 2 amide bonds. The predicted octanol–water partition coefficient (Wildman–Crippen LogP) is -10.6. The molecule has 0 aromatic heterocycles. The van der Waals surface area contributed by atoms with Gasteiger partial charge >= 0.3 is 0 Å². The lowest BCUT2D eigenvalue weighted by molar-refractivity contribution is -0.382. The lowest BCUT2D eigenvalue weighted by atomic mass is 9.94. The van der Waals surface area contributed by atoms with Crippen molar-refractivity contribution in [3.05, 3.63) is 0 Å². The van der Waals surface area contributed by atoms with Gasteiger partial charge in [0, 0.05) is 13.8 Å². The van der Waals surface area contributed by atoms with Crippen LogP contribution in [0.4, 0.5) is 0 Å². The van der Waals surface area contributed by atoms with E-state index in [1.54, 1.807) is 0 Å². The second-order valence-corrected chi connectivity index (χ2v) is 15.4. The number of nitrogens with one attached hydrogen (secondary N) is 2. The van der Waals surface area contributed by atoms with E-state index in [1.165, 1.54) is 6.92 Å². The summed E-state index contributed by atoms with van der Waals surface area (Å²) in [6.45, 7) is 0.0210. The highest BCUT2D eigenvalue weighted by atomic mass is 16.8. The van der Waals surface area contributed by atoms with Gasteiger partial charge in [-0.05, 0) is 6.92 Å². The third-order valence-electron chi connectivity index (χ3n) is 11.1. The van der Waals surface area contributed by atoms with E-state index >= 15 is 0 Å². The average Bonchev–Trinajstić information content (AvgIpc) is 3.21. The topological polar surface area (TPSA) is 424 Å². The van der Waals surface area contributed by atoms with Crippen molar-refractivity contribution in [1.29, 1.82) is 0 Å². The maximum absolute atomic E-state index is 12.6. The van der Waals surface area contributed by atoms with E-state index in [2.05, 4.69) is 10.6 Å². The van der Waals surface area contributed by atoms with Crippen molar-refractivity contribution in [2.24, 2.45) is 0 Å². The van der Waals surface area contributed by atoms with Gasteiger partial charge in [0.25, 0.3) is 0 Å². The van der Waals surface area contributed by atoms with Gasteiger partial charge in [0.2, 0.25) is 11.8 Å². The summed E-state index contributed by atoms with van der Waals surface area (Å²) >= 11 is 0. The zero-order valence-corrected chi connectivity index (χ0v) is 33.0. The average molecular weight is 895 g/mol. The highest BCUT2D eigenvalue weighted by molar-refractivity contribution is 5.73. The molecule has 0 aromatic carbocycles. The van der Waals surface area contributed by atoms with Crippen LogP contribution in [0.15, 0.2) is 0 Å². The smallest absolute Gasteiger partial charge is 0.217 e. The molecule has 354 valence electrons. The van der Waals surface area contributed by atoms with Crippen molar-refractivity contribution in [2.45, 2.75) is 174 Å². The molecule has 27 heteroatoms. The fourth-order valence-electron chi connectivity index (χ4n) is 7.65. The van der Waals surface area contributed by atoms with Gasteiger partial charge in [-0.15, -0.1) is 0 Å². The van der Waals surface area contributed by atoms with Crippen LogP contribution in [0.1, 0.15) is 20.8 Å². The summed E-state index contributed by atoms with van der Waals surface area (Å²) in [5.41, 5.74) is 0. The van der Waals surface area contributed by atoms with Crippen molar-refractivity contribution in [2.75, 3.05) is 26.4 Å². The Morgan fingerprint density at radius 2 is 0.885 bits per heavy atom. The number of ether oxygens (including phenoxy) is 9. The third kappa shape index (κ3) is 10.9. The first kappa shape index (κ1) is 50.0. The molecule has 0 radical (unpaired) electrons. The zero-order chi connectivity index (χ0) is 45.2. The maximum atomic E-state index is 12.6. The minimum Gasteiger partial charge on any atom is -0.394 e. The van der Waals surface area contributed by atoms with Crippen molar-refractivity contribution in [3.8, 4) is 0 Å². The van der Waals surface area contributed by atoms with Gasteiger partial charge in [-0.3, -0.25) is 9.59 Å². The van der Waals surface area contributed by atoms with E-state index in [0.717, 1.165) is 13.8 Å². The Morgan fingerprint density at radius 3 is 1.46 bits per heavy atom. The number of aliphatic hydroxyl groups is 14. The van der Waals surface area contributed by atoms with Crippen molar-refractivity contribution in [3.63, 3.8) is 0 Å². The first-order chi connectivity index (χ1) is 28.7. The summed E-state index contributed by atoms with van der Waals surface area (Å²) in [5, 5.41) is 152. The summed E-state index contributed by atoms with van der Waals surface area (Å²) < 4.78 is 51.3. The van der Waals surface area contributed by atoms with Crippen LogP contribution in [0, 0.1) is 0 Å². The van der Waals surface area contributed by atoms with Crippen LogP contribution in [0.25, 0.3) is 0 Å². The van der Waals surface area contributed by atoms with Crippen LogP contribution in [-0.2, 0) is 52.2 Å². The highest BCUT2D eigenvalue weighted by Crippen LogP contribution is 2.35. The molecule has 5 aliphatic heterocycles. The summed E-state index contributed by atoms with van der Waals surface area (Å²) in [6.07, 6.45) is -40.5. The van der Waals surface area contributed by atoms with Gasteiger partial charge < -0.3 is 125 Å². The van der Waals surface area contributed by atoms with Crippen LogP contribution in [0.3, 0.4) is 0 Å². The van der Waals surface area contributed by atoms with E-state index < -0.39 is 192 Å². The SMILES string of the molecule is CC(=O)N[C@H]1C(O)O[C@H](COC2O[C@H](CO)[C@@H](O)[C@H](O[C@@H]3O[C@H](CO)[C@H](O)[C@H](O)[C@H]3O[C@@H]3O[C@@H](C)[C@@H](O)[C@@H](O)[C@@H]3O)[C@H]2NC(C)=O)[C@H](O)[C@@H]1OC1O[C@H](CO)[C@H](O)[C@H](O)[C@H]1O. The van der Waals surface area contributed by atoms with Crippen LogP contribution >= 0.6 is 0 Å². The van der Waals surface area contributed by atoms with Gasteiger partial charge in [-0.1, -0.05) is 0 Å². The fourth-order valence-corrected chi connectivity index (χ4v) is 7.65. The number of hydrogen-bond acceptors (Lipinski definition) is 25. The fraction of sp³-hybridized carbons (Fsp3) is 0.941. The standard InChI is InChI=1S/C34H58N2O25/c1-8-17(42)22(47)25(50)32(54-8)61-29-24(49)19(44)12(5-38)58-34(29)60-28-16(36-10(3)41)31(56-13(6-39)20(28)45)53-7-14-21(46)27(15(30(52)55-14)35-9(2)40)59-33-26(51)23(48)18(43)11(4-37)57-33/h8,11-34,37-39,42-52H,4-7H2,1-3H3,(H,35,40)(H,36,41)/t8-,11+,12+,13+,14+,15+,16+,17+,18-,19-,20+,21-,22+,23-,24-,25-,26+,27+,28+,29+,30?,31?,32-,33?,34-/m0/s1. The summed E-state index contributed by atoms with van der Waals surface area (Å²) in [5.74, 6) is -1.51. The summed E-state index contributed by atoms with van der Waals surface area (Å²) in [7, 11) is 0. The second-order valence-electron chi connectivity index (χ2n) is 15.4. The number of hydrogen-bond donors (Lipinski definition) is 16. The number of amides is 2. The highest BCUT2D eigenvalue weighted by Gasteiger charge is 2.56. The number of rotatable bonds is 14. The minimum absolute atomic E-state index is 0.735. The normalized spacial score (nSPS) is 49.6. The largest absolute Gasteiger partial charge is 0.394 e. The van der Waals surface area contributed by atoms with E-state index in [9.17, 15) is 81.1 Å². The monoisotopic (exact) mass is 894 g/mol. The van der Waals surface area contributed by atoms with E-state index in [-0.39, 0.29) is 0 Å². The van der Waals surface area contributed by atoms with Crippen LogP contribution in [0.2, 0.25) is 0 Å². The predicted molar refractivity (Wildman–Crippen MR) is 188 cm³/mol. The molecule has 0 aromatic rings. The first-order valence-electron chi connectivity index (χ1n) is 19.4. The minimum atomic E-state index is -1.99. The Balaban J connectivity index is 1.39. The molecule has 0 saturated carbocycles. The van der Waals surface area contributed by atoms with E-state index in [0.29, 0.717) is 0 Å². The summed E-state index contributed by atoms with van der Waals surface area (Å²) in [6, 6.07) is -3.18. The van der Waals surface area contributed by atoms with Crippen molar-refractivity contribution in [1.82, 2.24) is 10.6 Å². The van der Waals surface area contributed by atoms with Gasteiger partial charge in [0.15, 0.2) is 31.5 Å². The van der Waals surface area contributed by atoms with Gasteiger partial charge in [0.05, 0.1) is 32.5 Å². The number of carbonyl (C=O) groups is 2. The first-order valence-corrected chi connectivity index (χ1v) is 19.4. The molecule has 61 heavy (non-hydrogen) atoms. The number of carbonyl (C=O) groups excluding carboxylic acids is 2. The Hall–Kier alpha value is -1.98. The molecule has 5 heterocycles. The molecule has 0 aliphatic carbocycles. The Kier molecular flexibility index (Phi) is 17.5. The molecule has 5 fully saturated rings. The molecular weight excluding hydrogens is 836 g/mol. The molecule has 5 rings (SSSR count). The molecule has 0 bridgehead atoms. The molecule has 16 N–H and O–H groups in total. The van der Waals surface area contributed by atoms with Gasteiger partial charge in [0.1, 0.15) is 116 Å². The van der Waals surface area contributed by atoms with Gasteiger partial charge in [-0.25, -0.2) is 0 Å². The quantitative estimate of drug-likeness (QED) is 0.0770. The molecular formula is C34H58N2O25. The van der Waals surface area contributed by atoms with Gasteiger partial charge in [-0.2, -0.15) is 0 Å². The lowest BCUT2D eigenvalue weighted by Crippen LogP contribution is -2.69. The summed E-state index contributed by atoms with van der Waals surface area (Å²) in [4.78, 5) is 24.7. The molecule has 5 saturated heterocycles. The lowest BCUT2D eigenvalue weighted by Gasteiger charge is -2.49.